The third-order valence-electron chi connectivity index (χ3n) is 2.72. The Hall–Kier alpha value is -2.06. The molecule has 7 nitrogen and oxygen atoms in total. The molecule has 96 valence electrons. The van der Waals surface area contributed by atoms with Gasteiger partial charge in [-0.3, -0.25) is 25.1 Å². The molecule has 1 amide bonds. The number of hydrogen-bond donors (Lipinski definition) is 2. The summed E-state index contributed by atoms with van der Waals surface area (Å²) in [4.78, 5) is 22.2. The van der Waals surface area contributed by atoms with Crippen LogP contribution in [0.25, 0.3) is 0 Å². The molecule has 1 aromatic carbocycles. The van der Waals surface area contributed by atoms with E-state index < -0.39 is 23.6 Å². The van der Waals surface area contributed by atoms with E-state index in [1.807, 2.05) is 0 Å². The average molecular weight is 255 g/mol. The monoisotopic (exact) mass is 255 g/mol. The molecular formula is C10H10FN3O4. The van der Waals surface area contributed by atoms with Crippen LogP contribution >= 0.6 is 0 Å². The van der Waals surface area contributed by atoms with Crippen molar-refractivity contribution in [1.82, 2.24) is 10.2 Å². The lowest BCUT2D eigenvalue weighted by Crippen LogP contribution is -2.31. The molecule has 1 aromatic rings. The second-order valence-corrected chi connectivity index (χ2v) is 3.75. The summed E-state index contributed by atoms with van der Waals surface area (Å²) in [6.07, 6.45) is -0.802. The van der Waals surface area contributed by atoms with E-state index in [0.29, 0.717) is 0 Å². The number of halogens is 1. The summed E-state index contributed by atoms with van der Waals surface area (Å²) < 4.78 is 13.7. The van der Waals surface area contributed by atoms with E-state index >= 15 is 0 Å². The fourth-order valence-corrected chi connectivity index (χ4v) is 1.83. The van der Waals surface area contributed by atoms with Crippen molar-refractivity contribution in [3.8, 4) is 0 Å². The molecule has 0 aliphatic carbocycles. The number of nitrogens with zero attached hydrogens (tertiary/aromatic N) is 2. The zero-order valence-electron chi connectivity index (χ0n) is 9.17. The maximum Gasteiger partial charge on any atom is 0.272 e. The lowest BCUT2D eigenvalue weighted by molar-refractivity contribution is -0.385. The quantitative estimate of drug-likeness (QED) is 0.590. The number of non-ortho nitro benzene ring substituents is 1. The van der Waals surface area contributed by atoms with Gasteiger partial charge >= 0.3 is 0 Å². The van der Waals surface area contributed by atoms with Crippen LogP contribution in [0.5, 0.6) is 0 Å². The number of nitro groups is 1. The van der Waals surface area contributed by atoms with Gasteiger partial charge in [0.2, 0.25) is 5.91 Å². The summed E-state index contributed by atoms with van der Waals surface area (Å²) in [7, 11) is 0. The molecular weight excluding hydrogens is 245 g/mol. The van der Waals surface area contributed by atoms with Crippen molar-refractivity contribution in [2.75, 3.05) is 13.3 Å². The summed E-state index contributed by atoms with van der Waals surface area (Å²) >= 11 is 0. The fourth-order valence-electron chi connectivity index (χ4n) is 1.83. The van der Waals surface area contributed by atoms with Gasteiger partial charge < -0.3 is 5.11 Å². The van der Waals surface area contributed by atoms with E-state index in [2.05, 4.69) is 5.32 Å². The average Bonchev–Trinajstić information content (AvgIpc) is 2.70. The van der Waals surface area contributed by atoms with Crippen LogP contribution in [0.2, 0.25) is 0 Å². The molecule has 1 fully saturated rings. The van der Waals surface area contributed by atoms with Gasteiger partial charge in [-0.25, -0.2) is 4.39 Å². The largest absolute Gasteiger partial charge is 0.376 e. The number of nitrogens with one attached hydrogen (secondary N) is 1. The van der Waals surface area contributed by atoms with Gasteiger partial charge in [-0.2, -0.15) is 0 Å². The highest BCUT2D eigenvalue weighted by Crippen LogP contribution is 2.26. The Labute approximate surface area is 101 Å². The summed E-state index contributed by atoms with van der Waals surface area (Å²) in [6, 6.07) is 3.17. The first-order valence-electron chi connectivity index (χ1n) is 5.12. The molecule has 0 bridgehead atoms. The number of carbonyl (C=O) groups excluding carboxylic acids is 1. The Kier molecular flexibility index (Phi) is 3.21. The summed E-state index contributed by atoms with van der Waals surface area (Å²) in [6.45, 7) is -0.561. The van der Waals surface area contributed by atoms with Gasteiger partial charge in [-0.15, -0.1) is 0 Å². The van der Waals surface area contributed by atoms with Crippen LogP contribution in [0.4, 0.5) is 10.1 Å². The molecule has 0 spiro atoms. The van der Waals surface area contributed by atoms with Gasteiger partial charge in [-0.05, 0) is 6.07 Å². The SMILES string of the molecule is O=C1CNC(c2ccc([N+](=O)[O-])cc2F)N1CO. The second-order valence-electron chi connectivity index (χ2n) is 3.75. The zero-order chi connectivity index (χ0) is 13.3. The van der Waals surface area contributed by atoms with Crippen molar-refractivity contribution in [3.05, 3.63) is 39.7 Å². The van der Waals surface area contributed by atoms with Gasteiger partial charge in [-0.1, -0.05) is 0 Å². The highest BCUT2D eigenvalue weighted by atomic mass is 19.1. The van der Waals surface area contributed by atoms with Gasteiger partial charge in [0.1, 0.15) is 18.7 Å². The molecule has 1 saturated heterocycles. The van der Waals surface area contributed by atoms with Crippen LogP contribution in [0.15, 0.2) is 18.2 Å². The Bertz CT molecular complexity index is 508. The Morgan fingerprint density at radius 3 is 2.89 bits per heavy atom. The van der Waals surface area contributed by atoms with E-state index in [-0.39, 0.29) is 23.7 Å². The van der Waals surface area contributed by atoms with Crippen molar-refractivity contribution < 1.29 is 19.2 Å². The minimum atomic E-state index is -0.802. The first-order chi connectivity index (χ1) is 8.54. The van der Waals surface area contributed by atoms with Crippen LogP contribution < -0.4 is 5.32 Å². The number of aliphatic hydroxyl groups is 1. The molecule has 2 N–H and O–H groups in total. The second kappa shape index (κ2) is 4.67. The zero-order valence-corrected chi connectivity index (χ0v) is 9.17. The van der Waals surface area contributed by atoms with Crippen molar-refractivity contribution in [3.63, 3.8) is 0 Å². The Morgan fingerprint density at radius 1 is 1.61 bits per heavy atom. The van der Waals surface area contributed by atoms with E-state index in [1.54, 1.807) is 0 Å². The molecule has 1 atom stereocenters. The minimum Gasteiger partial charge on any atom is -0.376 e. The van der Waals surface area contributed by atoms with Crippen LogP contribution in [-0.4, -0.2) is 34.1 Å². The van der Waals surface area contributed by atoms with Crippen molar-refractivity contribution in [2.45, 2.75) is 6.17 Å². The van der Waals surface area contributed by atoms with Gasteiger partial charge in [0.25, 0.3) is 5.69 Å². The topological polar surface area (TPSA) is 95.7 Å². The molecule has 1 aliphatic heterocycles. The summed E-state index contributed by atoms with van der Waals surface area (Å²) in [5.41, 5.74) is -0.281. The lowest BCUT2D eigenvalue weighted by atomic mass is 10.1. The standard InChI is InChI=1S/C10H10FN3O4/c11-8-3-6(14(17)18)1-2-7(8)10-12-4-9(16)13(10)5-15/h1-3,10,12,15H,4-5H2. The van der Waals surface area contributed by atoms with Crippen LogP contribution in [0, 0.1) is 15.9 Å². The van der Waals surface area contributed by atoms with E-state index in [0.717, 1.165) is 17.0 Å². The predicted octanol–water partition coefficient (Wildman–Crippen LogP) is 0.114. The number of benzene rings is 1. The van der Waals surface area contributed by atoms with E-state index in [1.165, 1.54) is 6.07 Å². The molecule has 0 aromatic heterocycles. The number of nitro benzene ring substituents is 1. The summed E-state index contributed by atoms with van der Waals surface area (Å²) in [5.74, 6) is -1.16. The van der Waals surface area contributed by atoms with Gasteiger partial charge in [0.15, 0.2) is 0 Å². The maximum atomic E-state index is 13.7. The van der Waals surface area contributed by atoms with Crippen LogP contribution in [0.1, 0.15) is 11.7 Å². The normalized spacial score (nSPS) is 19.3. The maximum absolute atomic E-state index is 13.7. The van der Waals surface area contributed by atoms with Gasteiger partial charge in [0.05, 0.1) is 17.5 Å². The Morgan fingerprint density at radius 2 is 2.33 bits per heavy atom. The van der Waals surface area contributed by atoms with E-state index in [9.17, 15) is 19.3 Å². The molecule has 18 heavy (non-hydrogen) atoms. The van der Waals surface area contributed by atoms with Crippen LogP contribution in [-0.2, 0) is 4.79 Å². The number of aliphatic hydroxyl groups excluding tert-OH is 1. The molecule has 1 aliphatic rings. The smallest absolute Gasteiger partial charge is 0.272 e. The third kappa shape index (κ3) is 2.03. The molecule has 0 saturated carbocycles. The number of hydrogen-bond acceptors (Lipinski definition) is 5. The highest BCUT2D eigenvalue weighted by molar-refractivity contribution is 5.80. The van der Waals surface area contributed by atoms with Gasteiger partial charge in [0, 0.05) is 11.6 Å². The molecule has 2 rings (SSSR count). The lowest BCUT2D eigenvalue weighted by Gasteiger charge is -2.22. The van der Waals surface area contributed by atoms with E-state index in [4.69, 9.17) is 5.11 Å². The summed E-state index contributed by atoms with van der Waals surface area (Å²) in [5, 5.41) is 22.2. The molecule has 1 heterocycles. The van der Waals surface area contributed by atoms with Crippen LogP contribution in [0.3, 0.4) is 0 Å². The Balaban J connectivity index is 2.34. The van der Waals surface area contributed by atoms with Crippen molar-refractivity contribution in [2.24, 2.45) is 0 Å². The van der Waals surface area contributed by atoms with Crippen molar-refractivity contribution in [1.29, 1.82) is 0 Å². The third-order valence-corrected chi connectivity index (χ3v) is 2.72. The predicted molar refractivity (Wildman–Crippen MR) is 57.7 cm³/mol. The number of carbonyl (C=O) groups is 1. The fraction of sp³-hybridized carbons (Fsp3) is 0.300. The highest BCUT2D eigenvalue weighted by Gasteiger charge is 2.33. The number of amides is 1. The first-order valence-corrected chi connectivity index (χ1v) is 5.12. The van der Waals surface area contributed by atoms with Crippen molar-refractivity contribution >= 4 is 11.6 Å². The molecule has 8 heteroatoms. The number of rotatable bonds is 3. The molecule has 1 unspecified atom stereocenters. The first kappa shape index (κ1) is 12.4. The minimum absolute atomic E-state index is 0.0122. The molecule has 0 radical (unpaired) electrons.